The Morgan fingerprint density at radius 2 is 1.93 bits per heavy atom. The summed E-state index contributed by atoms with van der Waals surface area (Å²) in [6, 6.07) is 11.8. The van der Waals surface area contributed by atoms with Crippen molar-refractivity contribution in [3.63, 3.8) is 0 Å². The molecule has 2 saturated heterocycles. The Kier molecular flexibility index (Phi) is 10.6. The number of nitrogens with one attached hydrogen (secondary N) is 1. The van der Waals surface area contributed by atoms with E-state index in [1.54, 1.807) is 13.0 Å². The number of fused-ring (bicyclic) bond motifs is 5. The van der Waals surface area contributed by atoms with E-state index < -0.39 is 33.0 Å². The number of amides is 1. The number of alkyl halides is 1. The maximum absolute atomic E-state index is 14.6. The number of benzene rings is 2. The molecule has 2 aliphatic carbocycles. The molecular formula is C42H56ClFN4O5S. The Balaban J connectivity index is 1.18. The molecule has 9 nitrogen and oxygen atoms in total. The number of piperazine rings is 1. The first kappa shape index (κ1) is 38.2. The monoisotopic (exact) mass is 782 g/mol. The van der Waals surface area contributed by atoms with Gasteiger partial charge < -0.3 is 14.4 Å². The number of methoxy groups -OCH3 is 1. The van der Waals surface area contributed by atoms with E-state index in [0.717, 1.165) is 75.5 Å². The van der Waals surface area contributed by atoms with E-state index in [0.29, 0.717) is 56.2 Å². The zero-order chi connectivity index (χ0) is 37.8. The number of anilines is 1. The Bertz CT molecular complexity index is 1880. The van der Waals surface area contributed by atoms with Crippen molar-refractivity contribution >= 4 is 33.2 Å². The number of piperidine rings is 1. The van der Waals surface area contributed by atoms with Crippen molar-refractivity contribution < 1.29 is 27.1 Å². The molecule has 6 aliphatic rings. The normalized spacial score (nSPS) is 36.4. The van der Waals surface area contributed by atoms with E-state index >= 15 is 0 Å². The van der Waals surface area contributed by atoms with E-state index in [1.165, 1.54) is 11.1 Å². The fraction of sp³-hybridized carbons (Fsp3) is 0.643. The number of allylic oxidation sites excluding steroid dienone is 1. The lowest BCUT2D eigenvalue weighted by atomic mass is 9.63. The van der Waals surface area contributed by atoms with E-state index in [4.69, 9.17) is 21.1 Å². The standard InChI is InChI=1S/C42H56ClFN4O5S/c1-28-6-4-16-42(52-3,26-46-18-19-47-17-14-34(44)22-35(47)24-46)37-11-8-32(37)23-48-25-41(15-5-7-30-20-33(43)10-12-36(30)41)27-53-39-13-9-31(21-38(39)48)40(49)45-54(50,51)29(28)2/h4,9-10,12-13,16,20-21,28-29,32,34-35,37H,5-8,11,14-15,17-19,22-27H2,1-3H3,(H,45,49)/b16-4-/t28-,29+,32-,34-,35-,37+,41-,42+/m0/s1. The average Bonchev–Trinajstić information content (AvgIpc) is 3.28. The first-order valence-electron chi connectivity index (χ1n) is 20.1. The molecule has 3 fully saturated rings. The SMILES string of the molecule is CO[C@@]1(CN2CCN3CC[C@H](F)C[C@H]3C2)/C=C\C[C@H](C)[C@@H](C)S(=O)(=O)NC(=O)c2ccc3c(c2)N(C[C@@H]2CC[C@H]21)C[C@@]1(CCCc2cc(Cl)ccc21)CO3. The topological polar surface area (TPSA) is 91.4 Å². The second-order valence-corrected chi connectivity index (χ2v) is 19.7. The average molecular weight is 783 g/mol. The third kappa shape index (κ3) is 7.21. The van der Waals surface area contributed by atoms with Crippen molar-refractivity contribution in [3.05, 3.63) is 70.3 Å². The van der Waals surface area contributed by atoms with Gasteiger partial charge in [-0.3, -0.25) is 14.6 Å². The lowest BCUT2D eigenvalue weighted by Gasteiger charge is -2.53. The van der Waals surface area contributed by atoms with Gasteiger partial charge in [0.25, 0.3) is 5.91 Å². The number of hydrogen-bond acceptors (Lipinski definition) is 8. The highest BCUT2D eigenvalue weighted by atomic mass is 35.5. The van der Waals surface area contributed by atoms with Crippen molar-refractivity contribution in [2.45, 2.75) is 93.7 Å². The molecule has 1 spiro atoms. The summed E-state index contributed by atoms with van der Waals surface area (Å²) in [6.07, 6.45) is 10.3. The molecule has 12 heteroatoms. The number of halogens is 2. The summed E-state index contributed by atoms with van der Waals surface area (Å²) in [6.45, 7) is 9.68. The molecule has 2 aromatic carbocycles. The van der Waals surface area contributed by atoms with Crippen molar-refractivity contribution in [2.75, 3.05) is 64.4 Å². The summed E-state index contributed by atoms with van der Waals surface area (Å²) in [7, 11) is -2.16. The maximum Gasteiger partial charge on any atom is 0.264 e. The van der Waals surface area contributed by atoms with Gasteiger partial charge in [-0.1, -0.05) is 36.7 Å². The summed E-state index contributed by atoms with van der Waals surface area (Å²) in [4.78, 5) is 21.0. The molecule has 0 aromatic heterocycles. The summed E-state index contributed by atoms with van der Waals surface area (Å²) in [5.74, 6) is 0.306. The first-order chi connectivity index (χ1) is 25.9. The molecule has 54 heavy (non-hydrogen) atoms. The molecule has 4 aliphatic heterocycles. The number of hydrogen-bond donors (Lipinski definition) is 1. The highest BCUT2D eigenvalue weighted by Gasteiger charge is 2.50. The van der Waals surface area contributed by atoms with Crippen LogP contribution in [0.4, 0.5) is 10.1 Å². The number of nitrogens with zero attached hydrogens (tertiary/aromatic N) is 3. The fourth-order valence-corrected chi connectivity index (χ4v) is 12.0. The number of carbonyl (C=O) groups excluding carboxylic acids is 1. The molecule has 0 unspecified atom stereocenters. The predicted octanol–water partition coefficient (Wildman–Crippen LogP) is 6.39. The minimum absolute atomic E-state index is 0.203. The quantitative estimate of drug-likeness (QED) is 0.359. The van der Waals surface area contributed by atoms with Crippen LogP contribution in [0.15, 0.2) is 48.6 Å². The molecule has 8 atom stereocenters. The number of ether oxygens (including phenoxy) is 2. The van der Waals surface area contributed by atoms with E-state index in [9.17, 15) is 17.6 Å². The highest BCUT2D eigenvalue weighted by molar-refractivity contribution is 7.90. The zero-order valence-corrected chi connectivity index (χ0v) is 33.5. The van der Waals surface area contributed by atoms with Crippen LogP contribution in [0.3, 0.4) is 0 Å². The number of aryl methyl sites for hydroxylation is 1. The molecule has 1 saturated carbocycles. The summed E-state index contributed by atoms with van der Waals surface area (Å²) in [5, 5.41) is -0.0699. The van der Waals surface area contributed by atoms with Crippen molar-refractivity contribution in [3.8, 4) is 5.75 Å². The van der Waals surface area contributed by atoms with Gasteiger partial charge in [0.05, 0.1) is 17.5 Å². The number of carbonyl (C=O) groups is 1. The summed E-state index contributed by atoms with van der Waals surface area (Å²) >= 11 is 6.50. The first-order valence-corrected chi connectivity index (χ1v) is 22.0. The molecule has 0 radical (unpaired) electrons. The van der Waals surface area contributed by atoms with E-state index in [1.807, 2.05) is 32.2 Å². The van der Waals surface area contributed by atoms with Gasteiger partial charge in [-0.15, -0.1) is 0 Å². The Morgan fingerprint density at radius 1 is 1.07 bits per heavy atom. The minimum atomic E-state index is -3.98. The van der Waals surface area contributed by atoms with Crippen LogP contribution in [0.25, 0.3) is 0 Å². The lowest BCUT2D eigenvalue weighted by Crippen LogP contribution is -2.62. The Labute approximate surface area is 325 Å². The van der Waals surface area contributed by atoms with Gasteiger partial charge in [0.2, 0.25) is 10.0 Å². The number of rotatable bonds is 3. The molecule has 2 aromatic rings. The third-order valence-corrected chi connectivity index (χ3v) is 16.2. The zero-order valence-electron chi connectivity index (χ0n) is 31.9. The van der Waals surface area contributed by atoms with Gasteiger partial charge in [0.15, 0.2) is 0 Å². The molecule has 294 valence electrons. The van der Waals surface area contributed by atoms with Crippen LogP contribution in [-0.2, 0) is 26.6 Å². The van der Waals surface area contributed by atoms with Crippen molar-refractivity contribution in [2.24, 2.45) is 17.8 Å². The van der Waals surface area contributed by atoms with Gasteiger partial charge in [-0.2, -0.15) is 0 Å². The van der Waals surface area contributed by atoms with Crippen LogP contribution in [0.5, 0.6) is 5.75 Å². The van der Waals surface area contributed by atoms with Crippen LogP contribution in [0.1, 0.15) is 80.3 Å². The van der Waals surface area contributed by atoms with Gasteiger partial charge in [0, 0.05) is 75.0 Å². The minimum Gasteiger partial charge on any atom is -0.490 e. The van der Waals surface area contributed by atoms with E-state index in [2.05, 4.69) is 43.7 Å². The lowest BCUT2D eigenvalue weighted by molar-refractivity contribution is -0.101. The fourth-order valence-electron chi connectivity index (χ4n) is 10.5. The van der Waals surface area contributed by atoms with Crippen LogP contribution in [0.2, 0.25) is 5.02 Å². The predicted molar refractivity (Wildman–Crippen MR) is 211 cm³/mol. The molecule has 1 amide bonds. The van der Waals surface area contributed by atoms with Crippen LogP contribution >= 0.6 is 11.6 Å². The third-order valence-electron chi connectivity index (χ3n) is 14.0. The van der Waals surface area contributed by atoms with Gasteiger partial charge in [0.1, 0.15) is 17.5 Å². The Morgan fingerprint density at radius 3 is 2.72 bits per heavy atom. The van der Waals surface area contributed by atoms with Gasteiger partial charge in [-0.25, -0.2) is 17.5 Å². The van der Waals surface area contributed by atoms with E-state index in [-0.39, 0.29) is 23.3 Å². The molecule has 1 N–H and O–H groups in total. The summed E-state index contributed by atoms with van der Waals surface area (Å²) in [5.41, 5.74) is 2.72. The van der Waals surface area contributed by atoms with Gasteiger partial charge in [-0.05, 0) is 118 Å². The smallest absolute Gasteiger partial charge is 0.264 e. The molecule has 2 bridgehead atoms. The second kappa shape index (κ2) is 15.0. The maximum atomic E-state index is 14.6. The highest BCUT2D eigenvalue weighted by Crippen LogP contribution is 2.49. The van der Waals surface area contributed by atoms with Crippen molar-refractivity contribution in [1.82, 2.24) is 14.5 Å². The number of sulfonamides is 1. The Hall–Kier alpha value is -2.70. The molecule has 4 heterocycles. The van der Waals surface area contributed by atoms with Crippen LogP contribution in [0, 0.1) is 17.8 Å². The summed E-state index contributed by atoms with van der Waals surface area (Å²) < 4.78 is 57.6. The molecule has 8 rings (SSSR count). The largest absolute Gasteiger partial charge is 0.490 e. The van der Waals surface area contributed by atoms with Crippen LogP contribution < -0.4 is 14.4 Å². The second-order valence-electron chi connectivity index (χ2n) is 17.2. The van der Waals surface area contributed by atoms with Crippen LogP contribution in [-0.4, -0.2) is 107 Å². The van der Waals surface area contributed by atoms with Crippen molar-refractivity contribution in [1.29, 1.82) is 0 Å². The molecular weight excluding hydrogens is 727 g/mol. The van der Waals surface area contributed by atoms with Gasteiger partial charge >= 0.3 is 0 Å².